The summed E-state index contributed by atoms with van der Waals surface area (Å²) in [5.74, 6) is 0.664. The SMILES string of the molecule is C=C/C=C(\C=C)C(CCN1CCC(c2cccc(NC(C)C)c2)CC1)OCC. The highest BCUT2D eigenvalue weighted by molar-refractivity contribution is 5.47. The summed E-state index contributed by atoms with van der Waals surface area (Å²) in [6, 6.07) is 9.43. The average Bonchev–Trinajstić information content (AvgIpc) is 2.69. The molecule has 0 aromatic heterocycles. The van der Waals surface area contributed by atoms with Gasteiger partial charge in [0.15, 0.2) is 0 Å². The van der Waals surface area contributed by atoms with E-state index in [1.165, 1.54) is 24.1 Å². The predicted octanol–water partition coefficient (Wildman–Crippen LogP) is 5.78. The Morgan fingerprint density at radius 2 is 2.04 bits per heavy atom. The quantitative estimate of drug-likeness (QED) is 0.491. The van der Waals surface area contributed by atoms with Gasteiger partial charge >= 0.3 is 0 Å². The zero-order chi connectivity index (χ0) is 20.4. The van der Waals surface area contributed by atoms with Crippen LogP contribution in [0.15, 0.2) is 61.2 Å². The van der Waals surface area contributed by atoms with Gasteiger partial charge in [-0.2, -0.15) is 0 Å². The second kappa shape index (κ2) is 11.9. The molecule has 1 aliphatic rings. The van der Waals surface area contributed by atoms with Gasteiger partial charge in [-0.05, 0) is 82.3 Å². The van der Waals surface area contributed by atoms with Gasteiger partial charge in [-0.3, -0.25) is 0 Å². The van der Waals surface area contributed by atoms with Crippen LogP contribution in [0.1, 0.15) is 51.5 Å². The molecule has 1 fully saturated rings. The standard InChI is InChI=1S/C25H38N2O/c1-6-10-21(7-2)25(28-8-3)15-18-27-16-13-22(14-17-27)23-11-9-12-24(19-23)26-20(4)5/h6-7,9-12,19-20,22,25-26H,1-2,8,13-18H2,3-5H3/b21-10+. The second-order valence-corrected chi connectivity index (χ2v) is 7.88. The number of nitrogens with zero attached hydrogens (tertiary/aromatic N) is 1. The smallest absolute Gasteiger partial charge is 0.0836 e. The highest BCUT2D eigenvalue weighted by Crippen LogP contribution is 2.30. The molecule has 28 heavy (non-hydrogen) atoms. The fraction of sp³-hybridized carbons (Fsp3) is 0.520. The third-order valence-corrected chi connectivity index (χ3v) is 5.39. The molecule has 3 heteroatoms. The van der Waals surface area contributed by atoms with E-state index in [2.05, 4.69) is 68.4 Å². The summed E-state index contributed by atoms with van der Waals surface area (Å²) in [5.41, 5.74) is 3.84. The summed E-state index contributed by atoms with van der Waals surface area (Å²) in [7, 11) is 0. The first-order valence-corrected chi connectivity index (χ1v) is 10.7. The Kier molecular flexibility index (Phi) is 9.52. The second-order valence-electron chi connectivity index (χ2n) is 7.88. The summed E-state index contributed by atoms with van der Waals surface area (Å²) in [6.07, 6.45) is 9.28. The molecule has 1 aromatic carbocycles. The fourth-order valence-electron chi connectivity index (χ4n) is 4.00. The van der Waals surface area contributed by atoms with Crippen LogP contribution in [-0.4, -0.2) is 43.3 Å². The Balaban J connectivity index is 1.87. The van der Waals surface area contributed by atoms with E-state index in [9.17, 15) is 0 Å². The molecule has 1 heterocycles. The Morgan fingerprint density at radius 1 is 1.29 bits per heavy atom. The fourth-order valence-corrected chi connectivity index (χ4v) is 4.00. The molecule has 0 spiro atoms. The zero-order valence-electron chi connectivity index (χ0n) is 18.0. The number of hydrogen-bond donors (Lipinski definition) is 1. The maximum atomic E-state index is 5.95. The first-order valence-electron chi connectivity index (χ1n) is 10.7. The monoisotopic (exact) mass is 382 g/mol. The van der Waals surface area contributed by atoms with Gasteiger partial charge in [0.2, 0.25) is 0 Å². The third-order valence-electron chi connectivity index (χ3n) is 5.39. The third kappa shape index (κ3) is 6.96. The van der Waals surface area contributed by atoms with Crippen molar-refractivity contribution in [3.63, 3.8) is 0 Å². The van der Waals surface area contributed by atoms with Crippen molar-refractivity contribution < 1.29 is 4.74 Å². The van der Waals surface area contributed by atoms with Crippen LogP contribution in [0.25, 0.3) is 0 Å². The molecule has 3 nitrogen and oxygen atoms in total. The summed E-state index contributed by atoms with van der Waals surface area (Å²) in [6.45, 7) is 18.2. The molecule has 1 saturated heterocycles. The van der Waals surface area contributed by atoms with Gasteiger partial charge in [-0.1, -0.05) is 43.5 Å². The van der Waals surface area contributed by atoms with Gasteiger partial charge in [0.05, 0.1) is 6.10 Å². The molecule has 1 aromatic rings. The lowest BCUT2D eigenvalue weighted by molar-refractivity contribution is 0.0716. The van der Waals surface area contributed by atoms with E-state index in [0.29, 0.717) is 12.0 Å². The Labute approximate surface area is 172 Å². The van der Waals surface area contributed by atoms with Gasteiger partial charge in [0.25, 0.3) is 0 Å². The van der Waals surface area contributed by atoms with Gasteiger partial charge in [-0.25, -0.2) is 0 Å². The number of benzene rings is 1. The minimum absolute atomic E-state index is 0.108. The van der Waals surface area contributed by atoms with Crippen molar-refractivity contribution in [3.05, 3.63) is 66.8 Å². The summed E-state index contributed by atoms with van der Waals surface area (Å²) in [4.78, 5) is 2.58. The summed E-state index contributed by atoms with van der Waals surface area (Å²) < 4.78 is 5.95. The number of hydrogen-bond acceptors (Lipinski definition) is 3. The highest BCUT2D eigenvalue weighted by Gasteiger charge is 2.22. The molecule has 0 bridgehead atoms. The first-order chi connectivity index (χ1) is 13.6. The van der Waals surface area contributed by atoms with Crippen molar-refractivity contribution in [1.82, 2.24) is 4.90 Å². The molecular weight excluding hydrogens is 344 g/mol. The van der Waals surface area contributed by atoms with Crippen LogP contribution in [0.5, 0.6) is 0 Å². The van der Waals surface area contributed by atoms with E-state index >= 15 is 0 Å². The number of piperidine rings is 1. The van der Waals surface area contributed by atoms with Crippen molar-refractivity contribution in [2.24, 2.45) is 0 Å². The predicted molar refractivity (Wildman–Crippen MR) is 122 cm³/mol. The van der Waals surface area contributed by atoms with Crippen LogP contribution in [0.3, 0.4) is 0 Å². The molecule has 2 rings (SSSR count). The molecule has 0 radical (unpaired) electrons. The van der Waals surface area contributed by atoms with E-state index in [0.717, 1.165) is 38.2 Å². The number of nitrogens with one attached hydrogen (secondary N) is 1. The van der Waals surface area contributed by atoms with Crippen LogP contribution in [0, 0.1) is 0 Å². The minimum Gasteiger partial charge on any atom is -0.383 e. The molecule has 0 saturated carbocycles. The van der Waals surface area contributed by atoms with Gasteiger partial charge in [0, 0.05) is 24.9 Å². The topological polar surface area (TPSA) is 24.5 Å². The summed E-state index contributed by atoms with van der Waals surface area (Å²) in [5, 5.41) is 3.52. The van der Waals surface area contributed by atoms with Gasteiger partial charge in [0.1, 0.15) is 0 Å². The van der Waals surface area contributed by atoms with Crippen LogP contribution >= 0.6 is 0 Å². The maximum Gasteiger partial charge on any atom is 0.0836 e. The molecular formula is C25H38N2O. The highest BCUT2D eigenvalue weighted by atomic mass is 16.5. The lowest BCUT2D eigenvalue weighted by Gasteiger charge is -2.33. The lowest BCUT2D eigenvalue weighted by Crippen LogP contribution is -2.35. The Bertz CT molecular complexity index is 642. The van der Waals surface area contributed by atoms with Crippen molar-refractivity contribution in [3.8, 4) is 0 Å². The molecule has 1 atom stereocenters. The maximum absolute atomic E-state index is 5.95. The van der Waals surface area contributed by atoms with E-state index in [-0.39, 0.29) is 6.10 Å². The molecule has 0 amide bonds. The Hall–Kier alpha value is -1.84. The first kappa shape index (κ1) is 22.4. The van der Waals surface area contributed by atoms with Crippen molar-refractivity contribution in [1.29, 1.82) is 0 Å². The van der Waals surface area contributed by atoms with E-state index in [1.54, 1.807) is 0 Å². The Morgan fingerprint density at radius 3 is 2.64 bits per heavy atom. The van der Waals surface area contributed by atoms with Crippen molar-refractivity contribution >= 4 is 5.69 Å². The minimum atomic E-state index is 0.108. The van der Waals surface area contributed by atoms with Gasteiger partial charge in [-0.15, -0.1) is 0 Å². The largest absolute Gasteiger partial charge is 0.383 e. The van der Waals surface area contributed by atoms with Crippen LogP contribution in [0.4, 0.5) is 5.69 Å². The molecule has 0 aliphatic carbocycles. The van der Waals surface area contributed by atoms with E-state index < -0.39 is 0 Å². The number of ether oxygens (including phenoxy) is 1. The number of anilines is 1. The van der Waals surface area contributed by atoms with E-state index in [4.69, 9.17) is 4.74 Å². The van der Waals surface area contributed by atoms with Crippen molar-refractivity contribution in [2.75, 3.05) is 31.6 Å². The molecule has 154 valence electrons. The van der Waals surface area contributed by atoms with Crippen molar-refractivity contribution in [2.45, 2.75) is 58.1 Å². The normalized spacial score (nSPS) is 17.5. The van der Waals surface area contributed by atoms with E-state index in [1.807, 2.05) is 18.2 Å². The summed E-state index contributed by atoms with van der Waals surface area (Å²) >= 11 is 0. The zero-order valence-corrected chi connectivity index (χ0v) is 18.0. The number of likely N-dealkylation sites (tertiary alicyclic amines) is 1. The molecule has 1 aliphatic heterocycles. The molecule has 1 N–H and O–H groups in total. The number of allylic oxidation sites excluding steroid dienone is 2. The van der Waals surface area contributed by atoms with Crippen LogP contribution in [-0.2, 0) is 4.74 Å². The lowest BCUT2D eigenvalue weighted by atomic mass is 9.89. The van der Waals surface area contributed by atoms with Crippen LogP contribution in [0.2, 0.25) is 0 Å². The van der Waals surface area contributed by atoms with Crippen LogP contribution < -0.4 is 5.32 Å². The average molecular weight is 383 g/mol. The molecule has 1 unspecified atom stereocenters. The van der Waals surface area contributed by atoms with Gasteiger partial charge < -0.3 is 15.0 Å². The number of rotatable bonds is 11.